The Hall–Kier alpha value is -2.30. The van der Waals surface area contributed by atoms with Gasteiger partial charge in [-0.25, -0.2) is 0 Å². The van der Waals surface area contributed by atoms with E-state index >= 15 is 0 Å². The van der Waals surface area contributed by atoms with Crippen LogP contribution in [0.3, 0.4) is 0 Å². The van der Waals surface area contributed by atoms with Crippen LogP contribution >= 0.6 is 0 Å². The molecule has 0 unspecified atom stereocenters. The molecular formula is C28H38N2O2. The zero-order valence-corrected chi connectivity index (χ0v) is 19.7. The van der Waals surface area contributed by atoms with Crippen LogP contribution in [-0.4, -0.2) is 46.2 Å². The molecule has 0 aliphatic carbocycles. The van der Waals surface area contributed by atoms with Crippen LogP contribution in [0.2, 0.25) is 0 Å². The number of benzene rings is 2. The number of rotatable bonds is 8. The summed E-state index contributed by atoms with van der Waals surface area (Å²) in [6.45, 7) is 10.5. The molecule has 0 atom stereocenters. The number of likely N-dealkylation sites (tertiary alicyclic amines) is 2. The van der Waals surface area contributed by atoms with Gasteiger partial charge < -0.3 is 10.2 Å². The quantitative estimate of drug-likeness (QED) is 0.499. The van der Waals surface area contributed by atoms with Gasteiger partial charge >= 0.3 is 0 Å². The molecule has 2 heterocycles. The highest BCUT2D eigenvalue weighted by atomic mass is 16.3. The predicted molar refractivity (Wildman–Crippen MR) is 133 cm³/mol. The average molecular weight is 435 g/mol. The van der Waals surface area contributed by atoms with Gasteiger partial charge in [0.2, 0.25) is 0 Å². The summed E-state index contributed by atoms with van der Waals surface area (Å²) in [4.78, 5) is 4.86. The van der Waals surface area contributed by atoms with Crippen molar-refractivity contribution in [3.63, 3.8) is 0 Å². The molecule has 4 heteroatoms. The van der Waals surface area contributed by atoms with E-state index in [2.05, 4.69) is 47.9 Å². The van der Waals surface area contributed by atoms with Crippen LogP contribution in [0.1, 0.15) is 74.6 Å². The molecule has 2 N–H and O–H groups in total. The lowest BCUT2D eigenvalue weighted by Crippen LogP contribution is -2.18. The van der Waals surface area contributed by atoms with E-state index in [0.29, 0.717) is 11.5 Å². The smallest absolute Gasteiger partial charge is 0.120 e. The Kier molecular flexibility index (Phi) is 7.54. The zero-order valence-electron chi connectivity index (χ0n) is 19.7. The summed E-state index contributed by atoms with van der Waals surface area (Å²) in [5.41, 5.74) is 7.09. The summed E-state index contributed by atoms with van der Waals surface area (Å²) in [5.74, 6) is 0.790. The van der Waals surface area contributed by atoms with Gasteiger partial charge in [-0.2, -0.15) is 0 Å². The molecule has 0 amide bonds. The SMILES string of the molecule is CC/C(=C(/CC)c1ccc(O)c(CN2CCCC2)c1)c1ccc(O)c(CN2CCCC2)c1. The second-order valence-electron chi connectivity index (χ2n) is 9.32. The number of phenols is 2. The number of hydrogen-bond donors (Lipinski definition) is 2. The molecule has 0 saturated carbocycles. The molecule has 2 fully saturated rings. The molecule has 4 rings (SSSR count). The van der Waals surface area contributed by atoms with E-state index in [1.165, 1.54) is 48.0 Å². The Morgan fingerprint density at radius 2 is 1.03 bits per heavy atom. The molecule has 2 saturated heterocycles. The number of aromatic hydroxyl groups is 2. The van der Waals surface area contributed by atoms with Crippen molar-refractivity contribution in [3.05, 3.63) is 58.7 Å². The third-order valence-electron chi connectivity index (χ3n) is 7.11. The molecule has 2 aromatic carbocycles. The lowest BCUT2D eigenvalue weighted by Gasteiger charge is -2.20. The molecule has 32 heavy (non-hydrogen) atoms. The van der Waals surface area contributed by atoms with E-state index in [0.717, 1.165) is 63.2 Å². The number of allylic oxidation sites excluding steroid dienone is 2. The number of nitrogens with zero attached hydrogens (tertiary/aromatic N) is 2. The second kappa shape index (κ2) is 10.5. The first-order valence-electron chi connectivity index (χ1n) is 12.4. The first-order chi connectivity index (χ1) is 15.6. The molecule has 2 aliphatic heterocycles. The van der Waals surface area contributed by atoms with Gasteiger partial charge in [0.15, 0.2) is 0 Å². The lowest BCUT2D eigenvalue weighted by molar-refractivity contribution is 0.324. The van der Waals surface area contributed by atoms with Crippen molar-refractivity contribution < 1.29 is 10.2 Å². The van der Waals surface area contributed by atoms with Gasteiger partial charge in [0, 0.05) is 24.2 Å². The van der Waals surface area contributed by atoms with Crippen LogP contribution in [0.15, 0.2) is 36.4 Å². The van der Waals surface area contributed by atoms with Crippen LogP contribution in [0.25, 0.3) is 11.1 Å². The molecule has 2 aliphatic rings. The van der Waals surface area contributed by atoms with Crippen molar-refractivity contribution in [2.75, 3.05) is 26.2 Å². The topological polar surface area (TPSA) is 46.9 Å². The van der Waals surface area contributed by atoms with Gasteiger partial charge in [-0.15, -0.1) is 0 Å². The first-order valence-corrected chi connectivity index (χ1v) is 12.4. The summed E-state index contributed by atoms with van der Waals surface area (Å²) in [6.07, 6.45) is 6.86. The van der Waals surface area contributed by atoms with E-state index in [9.17, 15) is 10.2 Å². The third-order valence-corrected chi connectivity index (χ3v) is 7.11. The monoisotopic (exact) mass is 434 g/mol. The fourth-order valence-electron chi connectivity index (χ4n) is 5.35. The summed E-state index contributed by atoms with van der Waals surface area (Å²) >= 11 is 0. The molecule has 2 aromatic rings. The standard InChI is InChI=1S/C28H38N2O2/c1-3-25(21-9-11-27(31)23(17-21)19-29-13-5-6-14-29)26(4-2)22-10-12-28(32)24(18-22)20-30-15-7-8-16-30/h9-12,17-18,31-32H,3-8,13-16,19-20H2,1-2H3/b26-25+. The molecule has 0 spiro atoms. The molecular weight excluding hydrogens is 396 g/mol. The number of phenolic OH excluding ortho intramolecular Hbond substituents is 2. The van der Waals surface area contributed by atoms with Crippen molar-refractivity contribution in [3.8, 4) is 11.5 Å². The van der Waals surface area contributed by atoms with E-state index in [1.807, 2.05) is 12.1 Å². The summed E-state index contributed by atoms with van der Waals surface area (Å²) < 4.78 is 0. The minimum atomic E-state index is 0.395. The Balaban J connectivity index is 1.67. The van der Waals surface area contributed by atoms with Crippen LogP contribution in [0.5, 0.6) is 11.5 Å². The zero-order chi connectivity index (χ0) is 22.5. The van der Waals surface area contributed by atoms with Crippen molar-refractivity contribution in [2.24, 2.45) is 0 Å². The largest absolute Gasteiger partial charge is 0.508 e. The normalized spacial score (nSPS) is 18.3. The van der Waals surface area contributed by atoms with Gasteiger partial charge in [0.1, 0.15) is 11.5 Å². The van der Waals surface area contributed by atoms with Crippen LogP contribution in [0, 0.1) is 0 Å². The lowest BCUT2D eigenvalue weighted by atomic mass is 9.89. The van der Waals surface area contributed by atoms with E-state index < -0.39 is 0 Å². The average Bonchev–Trinajstić information content (AvgIpc) is 3.50. The van der Waals surface area contributed by atoms with Gasteiger partial charge in [0.05, 0.1) is 0 Å². The van der Waals surface area contributed by atoms with Crippen molar-refractivity contribution in [1.29, 1.82) is 0 Å². The maximum Gasteiger partial charge on any atom is 0.120 e. The Bertz CT molecular complexity index is 876. The van der Waals surface area contributed by atoms with Gasteiger partial charge in [0.25, 0.3) is 0 Å². The maximum absolute atomic E-state index is 10.5. The first kappa shape index (κ1) is 22.9. The van der Waals surface area contributed by atoms with E-state index in [4.69, 9.17) is 0 Å². The Morgan fingerprint density at radius 1 is 0.656 bits per heavy atom. The van der Waals surface area contributed by atoms with Crippen LogP contribution in [-0.2, 0) is 13.1 Å². The summed E-state index contributed by atoms with van der Waals surface area (Å²) in [5, 5.41) is 21.0. The van der Waals surface area contributed by atoms with Crippen LogP contribution < -0.4 is 0 Å². The van der Waals surface area contributed by atoms with Gasteiger partial charge in [-0.3, -0.25) is 9.80 Å². The fourth-order valence-corrected chi connectivity index (χ4v) is 5.35. The minimum Gasteiger partial charge on any atom is -0.508 e. The molecule has 4 nitrogen and oxygen atoms in total. The highest BCUT2D eigenvalue weighted by molar-refractivity contribution is 5.91. The Labute approximate surface area is 193 Å². The predicted octanol–water partition coefficient (Wildman–Crippen LogP) is 6.02. The fraction of sp³-hybridized carbons (Fsp3) is 0.500. The Morgan fingerprint density at radius 3 is 1.38 bits per heavy atom. The number of hydrogen-bond acceptors (Lipinski definition) is 4. The van der Waals surface area contributed by atoms with E-state index in [-0.39, 0.29) is 0 Å². The third kappa shape index (κ3) is 5.19. The molecule has 172 valence electrons. The van der Waals surface area contributed by atoms with Gasteiger partial charge in [-0.1, -0.05) is 26.0 Å². The highest BCUT2D eigenvalue weighted by Crippen LogP contribution is 2.35. The molecule has 0 aromatic heterocycles. The van der Waals surface area contributed by atoms with E-state index in [1.54, 1.807) is 0 Å². The summed E-state index contributed by atoms with van der Waals surface area (Å²) in [7, 11) is 0. The van der Waals surface area contributed by atoms with Crippen molar-refractivity contribution in [1.82, 2.24) is 9.80 Å². The second-order valence-corrected chi connectivity index (χ2v) is 9.32. The highest BCUT2D eigenvalue weighted by Gasteiger charge is 2.18. The maximum atomic E-state index is 10.5. The summed E-state index contributed by atoms with van der Waals surface area (Å²) in [6, 6.07) is 12.2. The van der Waals surface area contributed by atoms with Crippen LogP contribution in [0.4, 0.5) is 0 Å². The van der Waals surface area contributed by atoms with Gasteiger partial charge in [-0.05, 0) is 111 Å². The van der Waals surface area contributed by atoms with Crippen molar-refractivity contribution >= 4 is 11.1 Å². The molecule has 0 bridgehead atoms. The molecule has 0 radical (unpaired) electrons. The minimum absolute atomic E-state index is 0.395. The van der Waals surface area contributed by atoms with Crippen molar-refractivity contribution in [2.45, 2.75) is 65.5 Å².